The molecule has 0 fully saturated rings. The number of aliphatic hydroxyl groups excluding tert-OH is 2. The van der Waals surface area contributed by atoms with Gasteiger partial charge in [-0.25, -0.2) is 0 Å². The second-order valence-corrected chi connectivity index (χ2v) is 16.9. The average molecular weight is 784 g/mol. The summed E-state index contributed by atoms with van der Waals surface area (Å²) in [5, 5.41) is 23.3. The van der Waals surface area contributed by atoms with Crippen LogP contribution in [0, 0.1) is 0 Å². The van der Waals surface area contributed by atoms with Crippen molar-refractivity contribution in [1.82, 2.24) is 5.32 Å². The molecule has 0 aliphatic rings. The minimum atomic E-state index is -0.663. The maximum absolute atomic E-state index is 12.5. The molecule has 0 aromatic rings. The number of hydrogen-bond acceptors (Lipinski definition) is 3. The van der Waals surface area contributed by atoms with E-state index in [-0.39, 0.29) is 12.5 Å². The minimum Gasteiger partial charge on any atom is -0.394 e. The molecule has 0 aliphatic heterocycles. The molecular formula is C52H97NO3. The monoisotopic (exact) mass is 784 g/mol. The van der Waals surface area contributed by atoms with Gasteiger partial charge in [0.25, 0.3) is 0 Å². The zero-order valence-electron chi connectivity index (χ0n) is 37.7. The molecule has 2 atom stereocenters. The summed E-state index contributed by atoms with van der Waals surface area (Å²) < 4.78 is 0. The van der Waals surface area contributed by atoms with Crippen molar-refractivity contribution in [3.8, 4) is 0 Å². The molecule has 328 valence electrons. The molecule has 0 rings (SSSR count). The van der Waals surface area contributed by atoms with E-state index in [9.17, 15) is 15.0 Å². The molecule has 4 heteroatoms. The number of hydrogen-bond donors (Lipinski definition) is 3. The van der Waals surface area contributed by atoms with E-state index < -0.39 is 12.1 Å². The third-order valence-corrected chi connectivity index (χ3v) is 11.4. The van der Waals surface area contributed by atoms with Gasteiger partial charge in [0.2, 0.25) is 5.91 Å². The first-order valence-corrected chi connectivity index (χ1v) is 24.8. The third-order valence-electron chi connectivity index (χ3n) is 11.4. The lowest BCUT2D eigenvalue weighted by atomic mass is 10.0. The second kappa shape index (κ2) is 47.7. The fourth-order valence-corrected chi connectivity index (χ4v) is 7.59. The Kier molecular flexibility index (Phi) is 46.3. The summed E-state index contributed by atoms with van der Waals surface area (Å²) in [4.78, 5) is 12.5. The van der Waals surface area contributed by atoms with Gasteiger partial charge in [0.1, 0.15) is 0 Å². The Bertz CT molecular complexity index is 893. The first-order valence-electron chi connectivity index (χ1n) is 24.8. The predicted molar refractivity (Wildman–Crippen MR) is 248 cm³/mol. The SMILES string of the molecule is CC/C=C\C/C=C\C/C=C\C/C=C\CCCCCCCCCCCCC(=O)NC(CO)C(O)CCCCCCCCCCCCCCCCCCCCCCC. The number of carbonyl (C=O) groups excluding carboxylic acids is 1. The van der Waals surface area contributed by atoms with Crippen LogP contribution in [-0.2, 0) is 4.79 Å². The van der Waals surface area contributed by atoms with E-state index in [1.807, 2.05) is 0 Å². The Morgan fingerprint density at radius 2 is 0.786 bits per heavy atom. The van der Waals surface area contributed by atoms with Crippen LogP contribution in [0.5, 0.6) is 0 Å². The van der Waals surface area contributed by atoms with Gasteiger partial charge in [-0.3, -0.25) is 4.79 Å². The minimum absolute atomic E-state index is 0.0350. The van der Waals surface area contributed by atoms with E-state index in [1.165, 1.54) is 180 Å². The van der Waals surface area contributed by atoms with Crippen LogP contribution in [0.1, 0.15) is 258 Å². The van der Waals surface area contributed by atoms with Crippen LogP contribution < -0.4 is 5.32 Å². The van der Waals surface area contributed by atoms with Crippen LogP contribution in [-0.4, -0.2) is 34.9 Å². The molecule has 1 amide bonds. The predicted octanol–water partition coefficient (Wildman–Crippen LogP) is 15.9. The molecule has 3 N–H and O–H groups in total. The fraction of sp³-hybridized carbons (Fsp3) is 0.827. The number of rotatable bonds is 45. The number of nitrogens with one attached hydrogen (secondary N) is 1. The van der Waals surface area contributed by atoms with Crippen LogP contribution in [0.15, 0.2) is 48.6 Å². The molecule has 56 heavy (non-hydrogen) atoms. The maximum atomic E-state index is 12.5. The molecule has 2 unspecified atom stereocenters. The molecule has 0 saturated carbocycles. The molecule has 0 bridgehead atoms. The summed E-state index contributed by atoms with van der Waals surface area (Å²) >= 11 is 0. The maximum Gasteiger partial charge on any atom is 0.220 e. The highest BCUT2D eigenvalue weighted by Crippen LogP contribution is 2.17. The topological polar surface area (TPSA) is 69.6 Å². The van der Waals surface area contributed by atoms with Crippen LogP contribution in [0.25, 0.3) is 0 Å². The Balaban J connectivity index is 3.50. The largest absolute Gasteiger partial charge is 0.394 e. The number of unbranched alkanes of at least 4 members (excludes halogenated alkanes) is 30. The van der Waals surface area contributed by atoms with E-state index in [1.54, 1.807) is 0 Å². The van der Waals surface area contributed by atoms with Gasteiger partial charge < -0.3 is 15.5 Å². The summed E-state index contributed by atoms with van der Waals surface area (Å²) in [5.41, 5.74) is 0. The van der Waals surface area contributed by atoms with Gasteiger partial charge in [0.15, 0.2) is 0 Å². The van der Waals surface area contributed by atoms with Crippen molar-refractivity contribution >= 4 is 5.91 Å². The first kappa shape index (κ1) is 54.3. The number of allylic oxidation sites excluding steroid dienone is 8. The van der Waals surface area contributed by atoms with Crippen molar-refractivity contribution < 1.29 is 15.0 Å². The molecule has 0 saturated heterocycles. The van der Waals surface area contributed by atoms with Crippen molar-refractivity contribution in [3.63, 3.8) is 0 Å². The van der Waals surface area contributed by atoms with Gasteiger partial charge in [-0.15, -0.1) is 0 Å². The van der Waals surface area contributed by atoms with Crippen molar-refractivity contribution in [1.29, 1.82) is 0 Å². The summed E-state index contributed by atoms with van der Waals surface area (Å²) in [6.07, 6.45) is 64.9. The molecule has 0 heterocycles. The first-order chi connectivity index (χ1) is 27.7. The molecule has 4 nitrogen and oxygen atoms in total. The van der Waals surface area contributed by atoms with Gasteiger partial charge >= 0.3 is 0 Å². The zero-order chi connectivity index (χ0) is 40.7. The quantitative estimate of drug-likeness (QED) is 0.0425. The molecule has 0 aliphatic carbocycles. The molecule has 0 spiro atoms. The third kappa shape index (κ3) is 43.5. The summed E-state index contributed by atoms with van der Waals surface area (Å²) in [6.45, 7) is 4.26. The van der Waals surface area contributed by atoms with Crippen molar-refractivity contribution in [2.45, 2.75) is 270 Å². The van der Waals surface area contributed by atoms with Gasteiger partial charge in [-0.2, -0.15) is 0 Å². The van der Waals surface area contributed by atoms with Crippen LogP contribution in [0.3, 0.4) is 0 Å². The summed E-state index contributed by atoms with van der Waals surface area (Å²) in [7, 11) is 0. The lowest BCUT2D eigenvalue weighted by molar-refractivity contribution is -0.123. The second-order valence-electron chi connectivity index (χ2n) is 16.9. The number of amides is 1. The van der Waals surface area contributed by atoms with Crippen molar-refractivity contribution in [2.24, 2.45) is 0 Å². The van der Waals surface area contributed by atoms with E-state index in [4.69, 9.17) is 0 Å². The van der Waals surface area contributed by atoms with Crippen LogP contribution >= 0.6 is 0 Å². The Hall–Kier alpha value is -1.65. The van der Waals surface area contributed by atoms with Crippen molar-refractivity contribution in [2.75, 3.05) is 6.61 Å². The Morgan fingerprint density at radius 3 is 1.18 bits per heavy atom. The number of aliphatic hydroxyl groups is 2. The standard InChI is InChI=1S/C52H97NO3/c1-3-5-7-9-11-13-15-17-19-21-23-25-26-28-30-32-34-36-38-40-42-44-46-48-52(56)53-50(49-54)51(55)47-45-43-41-39-37-35-33-31-29-27-24-22-20-18-16-14-12-10-8-6-4-2/h5,7,11,13,17,19,23,25,50-51,54-55H,3-4,6,8-10,12,14-16,18,20-22,24,26-49H2,1-2H3,(H,53,56)/b7-5-,13-11-,19-17-,25-23-. The zero-order valence-corrected chi connectivity index (χ0v) is 37.7. The van der Waals surface area contributed by atoms with E-state index >= 15 is 0 Å². The average Bonchev–Trinajstić information content (AvgIpc) is 3.20. The van der Waals surface area contributed by atoms with E-state index in [0.29, 0.717) is 12.8 Å². The van der Waals surface area contributed by atoms with Gasteiger partial charge in [0, 0.05) is 6.42 Å². The van der Waals surface area contributed by atoms with Crippen molar-refractivity contribution in [3.05, 3.63) is 48.6 Å². The normalized spacial score (nSPS) is 13.3. The molecule has 0 aromatic heterocycles. The van der Waals surface area contributed by atoms with Crippen LogP contribution in [0.2, 0.25) is 0 Å². The molecule has 0 aromatic carbocycles. The van der Waals surface area contributed by atoms with E-state index in [2.05, 4.69) is 67.8 Å². The molecular weight excluding hydrogens is 687 g/mol. The molecule has 0 radical (unpaired) electrons. The van der Waals surface area contributed by atoms with Gasteiger partial charge in [-0.05, 0) is 51.4 Å². The summed E-state index contributed by atoms with van der Waals surface area (Å²) in [5.74, 6) is -0.0350. The Morgan fingerprint density at radius 1 is 0.446 bits per heavy atom. The smallest absolute Gasteiger partial charge is 0.220 e. The highest BCUT2D eigenvalue weighted by Gasteiger charge is 2.20. The van der Waals surface area contributed by atoms with Gasteiger partial charge in [-0.1, -0.05) is 249 Å². The van der Waals surface area contributed by atoms with E-state index in [0.717, 1.165) is 51.4 Å². The summed E-state index contributed by atoms with van der Waals surface area (Å²) in [6, 6.07) is -0.540. The Labute approximate surface area is 350 Å². The van der Waals surface area contributed by atoms with Crippen LogP contribution in [0.4, 0.5) is 0 Å². The highest BCUT2D eigenvalue weighted by atomic mass is 16.3. The highest BCUT2D eigenvalue weighted by molar-refractivity contribution is 5.76. The number of carbonyl (C=O) groups is 1. The lowest BCUT2D eigenvalue weighted by Gasteiger charge is -2.22. The van der Waals surface area contributed by atoms with Gasteiger partial charge in [0.05, 0.1) is 18.8 Å². The lowest BCUT2D eigenvalue weighted by Crippen LogP contribution is -2.45. The fourth-order valence-electron chi connectivity index (χ4n) is 7.59.